The van der Waals surface area contributed by atoms with E-state index in [-0.39, 0.29) is 5.69 Å². The lowest BCUT2D eigenvalue weighted by Gasteiger charge is -2.02. The van der Waals surface area contributed by atoms with E-state index in [1.54, 1.807) is 25.4 Å². The molecule has 1 aliphatic rings. The molecule has 2 heterocycles. The zero-order valence-corrected chi connectivity index (χ0v) is 9.38. The number of pyridine rings is 1. The Bertz CT molecular complexity index is 599. The molecule has 17 heavy (non-hydrogen) atoms. The molecule has 88 valence electrons. The Morgan fingerprint density at radius 3 is 2.88 bits per heavy atom. The highest BCUT2D eigenvalue weighted by atomic mass is 16.5. The van der Waals surface area contributed by atoms with Crippen LogP contribution in [0.3, 0.4) is 0 Å². The minimum atomic E-state index is -0.987. The van der Waals surface area contributed by atoms with E-state index < -0.39 is 5.97 Å². The third kappa shape index (κ3) is 1.54. The van der Waals surface area contributed by atoms with Gasteiger partial charge in [-0.25, -0.2) is 9.78 Å². The zero-order valence-electron chi connectivity index (χ0n) is 9.38. The smallest absolute Gasteiger partial charge is 0.356 e. The average molecular weight is 232 g/mol. The normalized spacial score (nSPS) is 15.1. The van der Waals surface area contributed by atoms with E-state index in [0.29, 0.717) is 17.2 Å². The van der Waals surface area contributed by atoms with Crippen molar-refractivity contribution in [3.05, 3.63) is 29.8 Å². The van der Waals surface area contributed by atoms with Crippen molar-refractivity contribution in [2.45, 2.75) is 18.8 Å². The van der Waals surface area contributed by atoms with E-state index in [4.69, 9.17) is 9.84 Å². The number of aromatic carboxylic acids is 1. The van der Waals surface area contributed by atoms with Gasteiger partial charge in [-0.1, -0.05) is 0 Å². The van der Waals surface area contributed by atoms with Gasteiger partial charge in [0.15, 0.2) is 5.69 Å². The second kappa shape index (κ2) is 3.48. The molecule has 0 aliphatic heterocycles. The molecule has 3 rings (SSSR count). The number of carboxylic acid groups (broad SMARTS) is 1. The number of rotatable bonds is 3. The van der Waals surface area contributed by atoms with Crippen LogP contribution in [-0.4, -0.2) is 27.6 Å². The molecule has 0 saturated heterocycles. The van der Waals surface area contributed by atoms with Crippen molar-refractivity contribution in [2.75, 3.05) is 7.11 Å². The van der Waals surface area contributed by atoms with Crippen molar-refractivity contribution >= 4 is 11.5 Å². The molecule has 0 amide bonds. The topological polar surface area (TPSA) is 63.8 Å². The summed E-state index contributed by atoms with van der Waals surface area (Å²) in [4.78, 5) is 15.4. The zero-order chi connectivity index (χ0) is 12.0. The van der Waals surface area contributed by atoms with Gasteiger partial charge in [-0.15, -0.1) is 0 Å². The fraction of sp³-hybridized carbons (Fsp3) is 0.333. The number of hydrogen-bond donors (Lipinski definition) is 1. The maximum absolute atomic E-state index is 11.1. The SMILES string of the molecule is COc1ccc2c(C(=O)O)nc(C3CC3)n2c1. The number of imidazole rings is 1. The summed E-state index contributed by atoms with van der Waals surface area (Å²) in [6.45, 7) is 0. The Morgan fingerprint density at radius 1 is 1.53 bits per heavy atom. The van der Waals surface area contributed by atoms with E-state index in [1.807, 2.05) is 4.40 Å². The average Bonchev–Trinajstić information content (AvgIpc) is 3.09. The molecule has 0 aromatic carbocycles. The third-order valence-electron chi connectivity index (χ3n) is 3.02. The lowest BCUT2D eigenvalue weighted by atomic mass is 10.3. The second-order valence-electron chi connectivity index (χ2n) is 4.22. The van der Waals surface area contributed by atoms with Gasteiger partial charge in [-0.3, -0.25) is 4.40 Å². The summed E-state index contributed by atoms with van der Waals surface area (Å²) in [7, 11) is 1.59. The highest BCUT2D eigenvalue weighted by Gasteiger charge is 2.30. The van der Waals surface area contributed by atoms with Crippen LogP contribution in [0.25, 0.3) is 5.52 Å². The lowest BCUT2D eigenvalue weighted by Crippen LogP contribution is -1.97. The van der Waals surface area contributed by atoms with E-state index in [1.165, 1.54) is 0 Å². The van der Waals surface area contributed by atoms with Crippen LogP contribution in [0, 0.1) is 0 Å². The second-order valence-corrected chi connectivity index (χ2v) is 4.22. The Kier molecular flexibility index (Phi) is 2.07. The van der Waals surface area contributed by atoms with E-state index >= 15 is 0 Å². The van der Waals surface area contributed by atoms with Crippen LogP contribution in [0.2, 0.25) is 0 Å². The van der Waals surface area contributed by atoms with E-state index in [2.05, 4.69) is 4.98 Å². The predicted molar refractivity (Wildman–Crippen MR) is 60.7 cm³/mol. The summed E-state index contributed by atoms with van der Waals surface area (Å²) in [5, 5.41) is 9.12. The predicted octanol–water partition coefficient (Wildman–Crippen LogP) is 1.92. The van der Waals surface area contributed by atoms with Gasteiger partial charge in [0.2, 0.25) is 0 Å². The van der Waals surface area contributed by atoms with Crippen LogP contribution in [0.4, 0.5) is 0 Å². The molecule has 1 saturated carbocycles. The molecule has 0 atom stereocenters. The first-order valence-electron chi connectivity index (χ1n) is 5.50. The van der Waals surface area contributed by atoms with Crippen LogP contribution in [0.15, 0.2) is 18.3 Å². The van der Waals surface area contributed by atoms with E-state index in [9.17, 15) is 4.79 Å². The summed E-state index contributed by atoms with van der Waals surface area (Å²) >= 11 is 0. The largest absolute Gasteiger partial charge is 0.495 e. The van der Waals surface area contributed by atoms with Crippen LogP contribution in [-0.2, 0) is 0 Å². The Morgan fingerprint density at radius 2 is 2.29 bits per heavy atom. The number of methoxy groups -OCH3 is 1. The maximum atomic E-state index is 11.1. The van der Waals surface area contributed by atoms with Crippen molar-refractivity contribution in [3.63, 3.8) is 0 Å². The minimum absolute atomic E-state index is 0.120. The molecule has 1 aliphatic carbocycles. The summed E-state index contributed by atoms with van der Waals surface area (Å²) in [5.74, 6) is 0.937. The molecule has 5 nitrogen and oxygen atoms in total. The fourth-order valence-corrected chi connectivity index (χ4v) is 2.00. The van der Waals surface area contributed by atoms with Crippen molar-refractivity contribution in [1.29, 1.82) is 0 Å². The molecule has 0 spiro atoms. The Balaban J connectivity index is 2.27. The van der Waals surface area contributed by atoms with Gasteiger partial charge in [-0.2, -0.15) is 0 Å². The van der Waals surface area contributed by atoms with Crippen LogP contribution in [0.5, 0.6) is 5.75 Å². The molecule has 5 heteroatoms. The minimum Gasteiger partial charge on any atom is -0.495 e. The van der Waals surface area contributed by atoms with Crippen molar-refractivity contribution in [1.82, 2.24) is 9.38 Å². The van der Waals surface area contributed by atoms with Crippen LogP contribution in [0.1, 0.15) is 35.1 Å². The van der Waals surface area contributed by atoms with Gasteiger partial charge in [-0.05, 0) is 25.0 Å². The Labute approximate surface area is 97.7 Å². The first-order valence-corrected chi connectivity index (χ1v) is 5.50. The highest BCUT2D eigenvalue weighted by molar-refractivity contribution is 5.93. The number of ether oxygens (including phenoxy) is 1. The monoisotopic (exact) mass is 232 g/mol. The summed E-state index contributed by atoms with van der Waals surface area (Å²) < 4.78 is 6.98. The summed E-state index contributed by atoms with van der Waals surface area (Å²) in [6, 6.07) is 3.49. The standard InChI is InChI=1S/C12H12N2O3/c1-17-8-4-5-9-10(12(15)16)13-11(7-2-3-7)14(9)6-8/h4-7H,2-3H2,1H3,(H,15,16). The molecular formula is C12H12N2O3. The molecule has 2 aromatic heterocycles. The number of aromatic nitrogens is 2. The molecular weight excluding hydrogens is 220 g/mol. The number of nitrogens with zero attached hydrogens (tertiary/aromatic N) is 2. The number of carboxylic acids is 1. The quantitative estimate of drug-likeness (QED) is 0.878. The third-order valence-corrected chi connectivity index (χ3v) is 3.02. The van der Waals surface area contributed by atoms with Gasteiger partial charge in [0, 0.05) is 5.92 Å². The van der Waals surface area contributed by atoms with Gasteiger partial charge in [0.05, 0.1) is 18.8 Å². The van der Waals surface area contributed by atoms with E-state index in [0.717, 1.165) is 18.7 Å². The lowest BCUT2D eigenvalue weighted by molar-refractivity contribution is 0.0693. The number of hydrogen-bond acceptors (Lipinski definition) is 3. The Hall–Kier alpha value is -2.04. The first kappa shape index (κ1) is 10.1. The van der Waals surface area contributed by atoms with Gasteiger partial charge in [0.25, 0.3) is 0 Å². The number of fused-ring (bicyclic) bond motifs is 1. The summed E-state index contributed by atoms with van der Waals surface area (Å²) in [5.41, 5.74) is 0.745. The van der Waals surface area contributed by atoms with Gasteiger partial charge in [0.1, 0.15) is 11.6 Å². The molecule has 2 aromatic rings. The van der Waals surface area contributed by atoms with Crippen molar-refractivity contribution in [2.24, 2.45) is 0 Å². The molecule has 0 bridgehead atoms. The summed E-state index contributed by atoms with van der Waals surface area (Å²) in [6.07, 6.45) is 3.95. The van der Waals surface area contributed by atoms with Crippen molar-refractivity contribution < 1.29 is 14.6 Å². The fourth-order valence-electron chi connectivity index (χ4n) is 2.00. The molecule has 1 fully saturated rings. The highest BCUT2D eigenvalue weighted by Crippen LogP contribution is 2.40. The molecule has 1 N–H and O–H groups in total. The number of carbonyl (C=O) groups is 1. The molecule has 0 radical (unpaired) electrons. The van der Waals surface area contributed by atoms with Gasteiger partial charge >= 0.3 is 5.97 Å². The first-order chi connectivity index (χ1) is 8.20. The van der Waals surface area contributed by atoms with Gasteiger partial charge < -0.3 is 9.84 Å². The van der Waals surface area contributed by atoms with Crippen LogP contribution < -0.4 is 4.74 Å². The maximum Gasteiger partial charge on any atom is 0.356 e. The van der Waals surface area contributed by atoms with Crippen LogP contribution >= 0.6 is 0 Å². The molecule has 0 unspecified atom stereocenters. The van der Waals surface area contributed by atoms with Crippen molar-refractivity contribution in [3.8, 4) is 5.75 Å².